The van der Waals surface area contributed by atoms with Gasteiger partial charge >= 0.3 is 0 Å². The van der Waals surface area contributed by atoms with Crippen molar-refractivity contribution >= 4 is 141 Å². The third-order valence-electron chi connectivity index (χ3n) is 19.2. The van der Waals surface area contributed by atoms with E-state index in [0.717, 1.165) is 123 Å². The summed E-state index contributed by atoms with van der Waals surface area (Å²) < 4.78 is 18.0. The van der Waals surface area contributed by atoms with Crippen LogP contribution in [0.3, 0.4) is 0 Å². The predicted octanol–water partition coefficient (Wildman–Crippen LogP) is 26.7. The number of fused-ring (bicyclic) bond motifs is 12. The van der Waals surface area contributed by atoms with Crippen molar-refractivity contribution in [3.63, 3.8) is 0 Å². The molecule has 94 heavy (non-hydrogen) atoms. The normalized spacial score (nSPS) is 11.8. The number of hydrogen-bond acceptors (Lipinski definition) is 6. The van der Waals surface area contributed by atoms with Crippen LogP contribution in [0.2, 0.25) is 0 Å². The van der Waals surface area contributed by atoms with Crippen molar-refractivity contribution in [2.45, 2.75) is 27.7 Å². The monoisotopic (exact) mass is 1240 g/mol. The lowest BCUT2D eigenvalue weighted by Crippen LogP contribution is -2.14. The van der Waals surface area contributed by atoms with Crippen molar-refractivity contribution in [1.29, 1.82) is 0 Å². The van der Waals surface area contributed by atoms with Gasteiger partial charge in [-0.3, -0.25) is 0 Å². The highest BCUT2D eigenvalue weighted by atomic mass is 32.1. The summed E-state index contributed by atoms with van der Waals surface area (Å²) in [5.41, 5.74) is 26.4. The van der Waals surface area contributed by atoms with E-state index in [0.29, 0.717) is 0 Å². The number of para-hydroxylation sites is 4. The summed E-state index contributed by atoms with van der Waals surface area (Å²) in [4.78, 5) is 4.96. The predicted molar refractivity (Wildman–Crippen MR) is 402 cm³/mol. The first-order valence-corrected chi connectivity index (χ1v) is 33.7. The molecular formula is C88H60N2O2S2. The Hall–Kier alpha value is -11.3. The van der Waals surface area contributed by atoms with E-state index in [4.69, 9.17) is 8.83 Å². The van der Waals surface area contributed by atoms with Gasteiger partial charge in [-0.1, -0.05) is 170 Å². The standard InChI is InChI=1S/C88H60N2O2S2/c1-53-15-13-21-67(63-33-43-81-73(51-63)69-17-5-9-23-79(69)91-81)87(53)89(65-37-27-57(28-38-65)61-35-45-85-75(49-61)71-19-7-11-25-83(71)93-85)77-41-31-59(47-55(77)3)60-32-42-78(56(4)48-60)90(66-39-29-58(30-40-66)62-36-46-86-76(50-62)72-20-8-12-26-84(72)94-86)88-54(2)16-14-22-68(88)64-34-44-82-74(52-64)70-18-6-10-24-80(70)92-82/h5-52H,1-4H3. The van der Waals surface area contributed by atoms with Crippen LogP contribution in [0, 0.1) is 27.7 Å². The average Bonchev–Trinajstić information content (AvgIpc) is 0.903. The fraction of sp³-hybridized carbons (Fsp3) is 0.0455. The largest absolute Gasteiger partial charge is 0.456 e. The molecule has 6 heteroatoms. The van der Waals surface area contributed by atoms with Gasteiger partial charge in [0, 0.05) is 95.8 Å². The van der Waals surface area contributed by atoms with Crippen molar-refractivity contribution < 1.29 is 8.83 Å². The number of benzene rings is 14. The summed E-state index contributed by atoms with van der Waals surface area (Å²) in [6.45, 7) is 9.01. The van der Waals surface area contributed by atoms with Gasteiger partial charge in [-0.15, -0.1) is 22.7 Å². The Kier molecular flexibility index (Phi) is 13.1. The van der Waals surface area contributed by atoms with Crippen molar-refractivity contribution in [2.24, 2.45) is 0 Å². The third-order valence-corrected chi connectivity index (χ3v) is 21.5. The molecule has 0 bridgehead atoms. The lowest BCUT2D eigenvalue weighted by atomic mass is 9.94. The van der Waals surface area contributed by atoms with Crippen LogP contribution in [0.25, 0.3) is 140 Å². The zero-order chi connectivity index (χ0) is 62.7. The van der Waals surface area contributed by atoms with Crippen LogP contribution >= 0.6 is 22.7 Å². The number of anilines is 6. The molecule has 0 aliphatic rings. The molecule has 0 aliphatic heterocycles. The second-order valence-electron chi connectivity index (χ2n) is 24.9. The Balaban J connectivity index is 0.750. The molecule has 0 saturated heterocycles. The fourth-order valence-corrected chi connectivity index (χ4v) is 16.7. The van der Waals surface area contributed by atoms with Crippen molar-refractivity contribution in [1.82, 2.24) is 0 Å². The Morgan fingerprint density at radius 1 is 0.234 bits per heavy atom. The van der Waals surface area contributed by atoms with E-state index in [-0.39, 0.29) is 0 Å². The van der Waals surface area contributed by atoms with Crippen LogP contribution in [0.1, 0.15) is 22.3 Å². The molecule has 18 rings (SSSR count). The van der Waals surface area contributed by atoms with Crippen molar-refractivity contribution in [3.05, 3.63) is 313 Å². The summed E-state index contributed by atoms with van der Waals surface area (Å²) in [6, 6.07) is 107. The van der Waals surface area contributed by atoms with E-state index >= 15 is 0 Å². The second kappa shape index (κ2) is 22.2. The van der Waals surface area contributed by atoms with E-state index in [1.165, 1.54) is 73.7 Å². The first-order chi connectivity index (χ1) is 46.2. The van der Waals surface area contributed by atoms with Crippen LogP contribution in [0.15, 0.2) is 300 Å². The fourth-order valence-electron chi connectivity index (χ4n) is 14.5. The molecule has 4 aromatic heterocycles. The molecule has 18 aromatic rings. The third kappa shape index (κ3) is 9.31. The molecule has 446 valence electrons. The lowest BCUT2D eigenvalue weighted by Gasteiger charge is -2.31. The molecule has 4 nitrogen and oxygen atoms in total. The number of aryl methyl sites for hydroxylation is 4. The molecule has 0 unspecified atom stereocenters. The maximum atomic E-state index is 6.37. The van der Waals surface area contributed by atoms with E-state index in [1.807, 2.05) is 34.8 Å². The van der Waals surface area contributed by atoms with Crippen molar-refractivity contribution in [2.75, 3.05) is 9.80 Å². The number of hydrogen-bond donors (Lipinski definition) is 0. The SMILES string of the molecule is Cc1cc(-c2ccc(N(c3ccc(-c4ccc5sc6ccccc6c5c4)cc3)c3c(C)cccc3-c3ccc4oc5ccccc5c4c3)c(C)c2)ccc1N(c1ccc(-c2ccc3sc4ccccc4c3c2)cc1)c1c(C)cccc1-c1ccc2oc3ccccc3c2c1. The molecule has 0 aliphatic carbocycles. The summed E-state index contributed by atoms with van der Waals surface area (Å²) in [5, 5.41) is 9.63. The van der Waals surface area contributed by atoms with Gasteiger partial charge in [0.2, 0.25) is 0 Å². The van der Waals surface area contributed by atoms with Crippen LogP contribution in [-0.4, -0.2) is 0 Å². The molecule has 14 aromatic carbocycles. The Labute approximate surface area is 552 Å². The van der Waals surface area contributed by atoms with Crippen molar-refractivity contribution in [3.8, 4) is 55.6 Å². The van der Waals surface area contributed by atoms with E-state index in [2.05, 4.69) is 317 Å². The van der Waals surface area contributed by atoms with Gasteiger partial charge in [0.25, 0.3) is 0 Å². The molecule has 4 heterocycles. The lowest BCUT2D eigenvalue weighted by molar-refractivity contribution is 0.668. The van der Waals surface area contributed by atoms with E-state index in [1.54, 1.807) is 0 Å². The average molecular weight is 1240 g/mol. The highest BCUT2D eigenvalue weighted by molar-refractivity contribution is 7.26. The summed E-state index contributed by atoms with van der Waals surface area (Å²) in [5.74, 6) is 0. The first kappa shape index (κ1) is 55.6. The zero-order valence-electron chi connectivity index (χ0n) is 52.2. The Bertz CT molecular complexity index is 5690. The maximum Gasteiger partial charge on any atom is 0.135 e. The molecule has 0 radical (unpaired) electrons. The van der Waals surface area contributed by atoms with Crippen LogP contribution in [0.4, 0.5) is 34.1 Å². The van der Waals surface area contributed by atoms with Gasteiger partial charge in [0.1, 0.15) is 22.3 Å². The van der Waals surface area contributed by atoms with Crippen LogP contribution in [0.5, 0.6) is 0 Å². The Morgan fingerprint density at radius 2 is 0.574 bits per heavy atom. The molecule has 0 saturated carbocycles. The molecule has 0 atom stereocenters. The highest BCUT2D eigenvalue weighted by Crippen LogP contribution is 2.50. The quantitative estimate of drug-likeness (QED) is 0.129. The van der Waals surface area contributed by atoms with Gasteiger partial charge in [-0.05, 0) is 216 Å². The highest BCUT2D eigenvalue weighted by Gasteiger charge is 2.26. The van der Waals surface area contributed by atoms with E-state index < -0.39 is 0 Å². The number of furan rings is 2. The minimum Gasteiger partial charge on any atom is -0.456 e. The van der Waals surface area contributed by atoms with Gasteiger partial charge in [0.15, 0.2) is 0 Å². The Morgan fingerprint density at radius 3 is 1.01 bits per heavy atom. The summed E-state index contributed by atoms with van der Waals surface area (Å²) in [7, 11) is 0. The minimum atomic E-state index is 0.881. The summed E-state index contributed by atoms with van der Waals surface area (Å²) in [6.07, 6.45) is 0. The molecule has 0 spiro atoms. The summed E-state index contributed by atoms with van der Waals surface area (Å²) >= 11 is 3.71. The van der Waals surface area contributed by atoms with Gasteiger partial charge in [-0.25, -0.2) is 0 Å². The first-order valence-electron chi connectivity index (χ1n) is 32.1. The molecule has 0 N–H and O–H groups in total. The van der Waals surface area contributed by atoms with Crippen LogP contribution in [-0.2, 0) is 0 Å². The smallest absolute Gasteiger partial charge is 0.135 e. The molecular weight excluding hydrogens is 1180 g/mol. The number of nitrogens with zero attached hydrogens (tertiary/aromatic N) is 2. The topological polar surface area (TPSA) is 32.8 Å². The molecule has 0 amide bonds. The van der Waals surface area contributed by atoms with Gasteiger partial charge in [0.05, 0.1) is 11.4 Å². The zero-order valence-corrected chi connectivity index (χ0v) is 53.9. The van der Waals surface area contributed by atoms with E-state index in [9.17, 15) is 0 Å². The van der Waals surface area contributed by atoms with Gasteiger partial charge in [-0.2, -0.15) is 0 Å². The number of rotatable bonds is 11. The minimum absolute atomic E-state index is 0.881. The van der Waals surface area contributed by atoms with Crippen LogP contribution < -0.4 is 9.80 Å². The maximum absolute atomic E-state index is 6.37. The van der Waals surface area contributed by atoms with Gasteiger partial charge < -0.3 is 18.6 Å². The molecule has 0 fully saturated rings. The number of thiophene rings is 2. The second-order valence-corrected chi connectivity index (χ2v) is 27.1.